The van der Waals surface area contributed by atoms with Gasteiger partial charge in [-0.2, -0.15) is 0 Å². The second-order valence-corrected chi connectivity index (χ2v) is 3.27. The average Bonchev–Trinajstić information content (AvgIpc) is 1.96. The summed E-state index contributed by atoms with van der Waals surface area (Å²) in [5, 5.41) is 0.360. The second kappa shape index (κ2) is 3.51. The normalized spacial score (nSPS) is 10.1. The van der Waals surface area contributed by atoms with Gasteiger partial charge in [-0.25, -0.2) is 9.97 Å². The van der Waals surface area contributed by atoms with Gasteiger partial charge in [0.2, 0.25) is 5.95 Å². The van der Waals surface area contributed by atoms with Crippen molar-refractivity contribution in [2.45, 2.75) is 6.54 Å². The van der Waals surface area contributed by atoms with Crippen LogP contribution in [0.4, 0.5) is 5.95 Å². The lowest BCUT2D eigenvalue weighted by Crippen LogP contribution is -2.07. The number of hydrogen-bond acceptors (Lipinski definition) is 4. The van der Waals surface area contributed by atoms with Crippen LogP contribution in [0.3, 0.4) is 0 Å². The zero-order chi connectivity index (χ0) is 8.43. The molecule has 0 aliphatic rings. The highest BCUT2D eigenvalue weighted by molar-refractivity contribution is 14.1. The summed E-state index contributed by atoms with van der Waals surface area (Å²) in [6.07, 6.45) is 0. The Morgan fingerprint density at radius 3 is 2.64 bits per heavy atom. The monoisotopic (exact) mass is 284 g/mol. The van der Waals surface area contributed by atoms with Crippen molar-refractivity contribution >= 4 is 40.1 Å². The Labute approximate surface area is 82.5 Å². The molecule has 6 heteroatoms. The predicted molar refractivity (Wildman–Crippen MR) is 52.1 cm³/mol. The molecule has 0 unspecified atom stereocenters. The summed E-state index contributed by atoms with van der Waals surface area (Å²) < 4.78 is 0.765. The lowest BCUT2D eigenvalue weighted by Gasteiger charge is -2.01. The van der Waals surface area contributed by atoms with Gasteiger partial charge in [0, 0.05) is 6.54 Å². The highest BCUT2D eigenvalue weighted by atomic mass is 127. The van der Waals surface area contributed by atoms with Crippen molar-refractivity contribution in [1.29, 1.82) is 0 Å². The number of rotatable bonds is 1. The summed E-state index contributed by atoms with van der Waals surface area (Å²) in [6, 6.07) is 0. The molecule has 0 fully saturated rings. The van der Waals surface area contributed by atoms with Crippen LogP contribution in [0, 0.1) is 3.57 Å². The minimum absolute atomic E-state index is 0.163. The summed E-state index contributed by atoms with van der Waals surface area (Å²) in [5.74, 6) is 0.163. The predicted octanol–water partition coefficient (Wildman–Crippen LogP) is 0.776. The molecule has 0 atom stereocenters. The number of nitrogens with two attached hydrogens (primary N) is 2. The zero-order valence-electron chi connectivity index (χ0n) is 5.51. The van der Waals surface area contributed by atoms with Crippen molar-refractivity contribution in [3.63, 3.8) is 0 Å². The van der Waals surface area contributed by atoms with Gasteiger partial charge in [0.15, 0.2) is 0 Å². The van der Waals surface area contributed by atoms with E-state index < -0.39 is 0 Å². The van der Waals surface area contributed by atoms with Crippen LogP contribution in [0.1, 0.15) is 5.69 Å². The van der Waals surface area contributed by atoms with E-state index in [1.165, 1.54) is 0 Å². The Morgan fingerprint density at radius 1 is 1.45 bits per heavy atom. The van der Waals surface area contributed by atoms with E-state index in [0.29, 0.717) is 17.4 Å². The maximum atomic E-state index is 5.70. The van der Waals surface area contributed by atoms with Crippen LogP contribution in [-0.2, 0) is 6.54 Å². The Morgan fingerprint density at radius 2 is 2.09 bits per heavy atom. The topological polar surface area (TPSA) is 77.8 Å². The molecular weight excluding hydrogens is 278 g/mol. The maximum absolute atomic E-state index is 5.70. The highest BCUT2D eigenvalue weighted by Gasteiger charge is 2.06. The minimum Gasteiger partial charge on any atom is -0.368 e. The van der Waals surface area contributed by atoms with Crippen molar-refractivity contribution < 1.29 is 0 Å². The van der Waals surface area contributed by atoms with Crippen LogP contribution >= 0.6 is 34.2 Å². The maximum Gasteiger partial charge on any atom is 0.221 e. The van der Waals surface area contributed by atoms with Gasteiger partial charge in [-0.1, -0.05) is 11.6 Å². The Kier molecular flexibility index (Phi) is 2.85. The molecule has 0 radical (unpaired) electrons. The molecule has 1 aromatic rings. The van der Waals surface area contributed by atoms with E-state index in [2.05, 4.69) is 9.97 Å². The van der Waals surface area contributed by atoms with Gasteiger partial charge >= 0.3 is 0 Å². The number of nitrogens with zero attached hydrogens (tertiary/aromatic N) is 2. The Hall–Kier alpha value is -0.140. The van der Waals surface area contributed by atoms with E-state index in [0.717, 1.165) is 3.57 Å². The van der Waals surface area contributed by atoms with Crippen molar-refractivity contribution in [2.24, 2.45) is 5.73 Å². The third-order valence-electron chi connectivity index (χ3n) is 1.09. The van der Waals surface area contributed by atoms with E-state index in [1.807, 2.05) is 22.6 Å². The van der Waals surface area contributed by atoms with Crippen LogP contribution in [0.25, 0.3) is 0 Å². The molecule has 0 spiro atoms. The first-order chi connectivity index (χ1) is 5.15. The molecule has 4 N–H and O–H groups in total. The molecule has 0 saturated carbocycles. The molecule has 0 amide bonds. The van der Waals surface area contributed by atoms with Gasteiger partial charge in [0.25, 0.3) is 0 Å². The van der Waals surface area contributed by atoms with Crippen molar-refractivity contribution in [3.05, 3.63) is 14.4 Å². The summed E-state index contributed by atoms with van der Waals surface area (Å²) in [4.78, 5) is 7.65. The number of halogens is 2. The fourth-order valence-electron chi connectivity index (χ4n) is 0.616. The van der Waals surface area contributed by atoms with Crippen LogP contribution in [0.5, 0.6) is 0 Å². The van der Waals surface area contributed by atoms with Crippen molar-refractivity contribution in [2.75, 3.05) is 5.73 Å². The average molecular weight is 284 g/mol. The van der Waals surface area contributed by atoms with E-state index in [1.54, 1.807) is 0 Å². The summed E-state index contributed by atoms with van der Waals surface area (Å²) in [7, 11) is 0. The Bertz CT molecular complexity index is 277. The van der Waals surface area contributed by atoms with Crippen LogP contribution < -0.4 is 11.5 Å². The van der Waals surface area contributed by atoms with Crippen molar-refractivity contribution in [3.8, 4) is 0 Å². The SMILES string of the molecule is NCc1nc(N)nc(Cl)c1I. The van der Waals surface area contributed by atoms with E-state index in [9.17, 15) is 0 Å². The van der Waals surface area contributed by atoms with Gasteiger partial charge in [0.1, 0.15) is 5.15 Å². The molecule has 11 heavy (non-hydrogen) atoms. The highest BCUT2D eigenvalue weighted by Crippen LogP contribution is 2.18. The first-order valence-electron chi connectivity index (χ1n) is 2.82. The molecule has 0 aliphatic carbocycles. The number of nitrogen functional groups attached to an aromatic ring is 1. The van der Waals surface area contributed by atoms with Crippen LogP contribution in [-0.4, -0.2) is 9.97 Å². The second-order valence-electron chi connectivity index (χ2n) is 1.84. The molecule has 4 nitrogen and oxygen atoms in total. The molecular formula is C5H6ClIN4. The van der Waals surface area contributed by atoms with E-state index >= 15 is 0 Å². The van der Waals surface area contributed by atoms with Gasteiger partial charge in [0.05, 0.1) is 9.26 Å². The quantitative estimate of drug-likeness (QED) is 0.590. The summed E-state index contributed by atoms with van der Waals surface area (Å²) in [5.41, 5.74) is 11.4. The number of aromatic nitrogens is 2. The minimum atomic E-state index is 0.163. The standard InChI is InChI=1S/C5H6ClIN4/c6-4-3(7)2(1-8)10-5(9)11-4/h1,8H2,(H2,9,10,11). The largest absolute Gasteiger partial charge is 0.368 e. The molecule has 0 aliphatic heterocycles. The summed E-state index contributed by atoms with van der Waals surface area (Å²) in [6.45, 7) is 0.324. The van der Waals surface area contributed by atoms with Crippen LogP contribution in [0.2, 0.25) is 5.15 Å². The van der Waals surface area contributed by atoms with Gasteiger partial charge < -0.3 is 11.5 Å². The van der Waals surface area contributed by atoms with Crippen molar-refractivity contribution in [1.82, 2.24) is 9.97 Å². The lowest BCUT2D eigenvalue weighted by atomic mass is 10.4. The third-order valence-corrected chi connectivity index (χ3v) is 2.82. The first-order valence-corrected chi connectivity index (χ1v) is 4.28. The molecule has 60 valence electrons. The molecule has 0 bridgehead atoms. The fraction of sp³-hybridized carbons (Fsp3) is 0.200. The van der Waals surface area contributed by atoms with Gasteiger partial charge in [-0.05, 0) is 22.6 Å². The number of hydrogen-bond donors (Lipinski definition) is 2. The fourth-order valence-corrected chi connectivity index (χ4v) is 1.27. The molecule has 1 aromatic heterocycles. The van der Waals surface area contributed by atoms with Gasteiger partial charge in [-0.15, -0.1) is 0 Å². The first kappa shape index (κ1) is 8.95. The zero-order valence-corrected chi connectivity index (χ0v) is 8.43. The smallest absolute Gasteiger partial charge is 0.221 e. The third kappa shape index (κ3) is 1.91. The van der Waals surface area contributed by atoms with E-state index in [4.69, 9.17) is 23.1 Å². The number of anilines is 1. The summed E-state index contributed by atoms with van der Waals surface area (Å²) >= 11 is 7.73. The molecule has 1 rings (SSSR count). The van der Waals surface area contributed by atoms with Crippen LogP contribution in [0.15, 0.2) is 0 Å². The molecule has 0 aromatic carbocycles. The Balaban J connectivity index is 3.24. The van der Waals surface area contributed by atoms with Gasteiger partial charge in [-0.3, -0.25) is 0 Å². The lowest BCUT2D eigenvalue weighted by molar-refractivity contribution is 0.958. The van der Waals surface area contributed by atoms with E-state index in [-0.39, 0.29) is 5.95 Å². The molecule has 0 saturated heterocycles. The molecule has 1 heterocycles.